The van der Waals surface area contributed by atoms with Gasteiger partial charge in [0.05, 0.1) is 6.10 Å². The lowest BCUT2D eigenvalue weighted by Gasteiger charge is -2.37. The molecule has 0 aromatic heterocycles. The second-order valence-electron chi connectivity index (χ2n) is 5.83. The van der Waals surface area contributed by atoms with Crippen molar-refractivity contribution in [3.63, 3.8) is 0 Å². The molecule has 0 spiro atoms. The van der Waals surface area contributed by atoms with Gasteiger partial charge in [0.15, 0.2) is 11.6 Å². The molecule has 1 N–H and O–H groups in total. The standard InChI is InChI=1S/C15H21F2NOS/c1-15(2)10-18(8-9-20-15)7-6-13(19)11-4-3-5-12(16)14(11)17/h3-5,13,19H,6-10H2,1-2H3. The van der Waals surface area contributed by atoms with Crippen LogP contribution >= 0.6 is 11.8 Å². The van der Waals surface area contributed by atoms with Crippen molar-refractivity contribution in [3.8, 4) is 0 Å². The van der Waals surface area contributed by atoms with Gasteiger partial charge in [0.2, 0.25) is 0 Å². The molecule has 1 aromatic carbocycles. The van der Waals surface area contributed by atoms with Gasteiger partial charge in [-0.05, 0) is 26.3 Å². The van der Waals surface area contributed by atoms with Gasteiger partial charge >= 0.3 is 0 Å². The number of benzene rings is 1. The van der Waals surface area contributed by atoms with Crippen LogP contribution in [0.15, 0.2) is 18.2 Å². The van der Waals surface area contributed by atoms with E-state index in [-0.39, 0.29) is 10.3 Å². The maximum Gasteiger partial charge on any atom is 0.164 e. The van der Waals surface area contributed by atoms with Gasteiger partial charge in [0.25, 0.3) is 0 Å². The van der Waals surface area contributed by atoms with Crippen molar-refractivity contribution in [3.05, 3.63) is 35.4 Å². The molecule has 1 unspecified atom stereocenters. The molecular weight excluding hydrogens is 280 g/mol. The van der Waals surface area contributed by atoms with Crippen LogP contribution in [0.2, 0.25) is 0 Å². The molecule has 0 aliphatic carbocycles. The summed E-state index contributed by atoms with van der Waals surface area (Å²) in [5.41, 5.74) is 0.0515. The van der Waals surface area contributed by atoms with Crippen molar-refractivity contribution in [2.75, 3.05) is 25.4 Å². The summed E-state index contributed by atoms with van der Waals surface area (Å²) in [5, 5.41) is 10.0. The predicted octanol–water partition coefficient (Wildman–Crippen LogP) is 3.22. The van der Waals surface area contributed by atoms with Crippen molar-refractivity contribution in [2.45, 2.75) is 31.1 Å². The third-order valence-corrected chi connectivity index (χ3v) is 4.86. The summed E-state index contributed by atoms with van der Waals surface area (Å²) in [6, 6.07) is 3.94. The minimum atomic E-state index is -0.955. The van der Waals surface area contributed by atoms with E-state index in [1.165, 1.54) is 12.1 Å². The van der Waals surface area contributed by atoms with Gasteiger partial charge < -0.3 is 10.0 Å². The summed E-state index contributed by atoms with van der Waals surface area (Å²) in [7, 11) is 0. The summed E-state index contributed by atoms with van der Waals surface area (Å²) in [5.74, 6) is -0.774. The number of thioether (sulfide) groups is 1. The van der Waals surface area contributed by atoms with Crippen molar-refractivity contribution in [2.24, 2.45) is 0 Å². The lowest BCUT2D eigenvalue weighted by Crippen LogP contribution is -2.43. The van der Waals surface area contributed by atoms with Crippen LogP contribution in [0.4, 0.5) is 8.78 Å². The highest BCUT2D eigenvalue weighted by Crippen LogP contribution is 2.30. The molecule has 1 heterocycles. The van der Waals surface area contributed by atoms with E-state index in [0.29, 0.717) is 13.0 Å². The third-order valence-electron chi connectivity index (χ3n) is 3.56. The first-order valence-electron chi connectivity index (χ1n) is 6.87. The highest BCUT2D eigenvalue weighted by Gasteiger charge is 2.27. The molecule has 1 aromatic rings. The van der Waals surface area contributed by atoms with E-state index in [2.05, 4.69) is 18.7 Å². The summed E-state index contributed by atoms with van der Waals surface area (Å²) in [6.07, 6.45) is -0.537. The van der Waals surface area contributed by atoms with Crippen LogP contribution < -0.4 is 0 Å². The fourth-order valence-corrected chi connectivity index (χ4v) is 3.72. The quantitative estimate of drug-likeness (QED) is 0.924. The molecule has 1 fully saturated rings. The fraction of sp³-hybridized carbons (Fsp3) is 0.600. The molecule has 112 valence electrons. The Hall–Kier alpha value is -0.650. The second kappa shape index (κ2) is 6.41. The van der Waals surface area contributed by atoms with Crippen LogP contribution in [-0.2, 0) is 0 Å². The van der Waals surface area contributed by atoms with Gasteiger partial charge in [0, 0.05) is 35.7 Å². The number of hydrogen-bond donors (Lipinski definition) is 1. The molecule has 1 aliphatic rings. The van der Waals surface area contributed by atoms with E-state index in [4.69, 9.17) is 0 Å². The summed E-state index contributed by atoms with van der Waals surface area (Å²) in [6.45, 7) is 7.03. The zero-order chi connectivity index (χ0) is 14.8. The number of nitrogens with zero attached hydrogens (tertiary/aromatic N) is 1. The normalized spacial score (nSPS) is 20.9. The summed E-state index contributed by atoms with van der Waals surface area (Å²) < 4.78 is 26.9. The first kappa shape index (κ1) is 15.7. The highest BCUT2D eigenvalue weighted by atomic mass is 32.2. The van der Waals surface area contributed by atoms with E-state index in [9.17, 15) is 13.9 Å². The van der Waals surface area contributed by atoms with Gasteiger partial charge in [-0.1, -0.05) is 12.1 Å². The topological polar surface area (TPSA) is 23.5 Å². The van der Waals surface area contributed by atoms with Crippen LogP contribution in [0.5, 0.6) is 0 Å². The molecule has 0 saturated carbocycles. The van der Waals surface area contributed by atoms with Crippen molar-refractivity contribution in [1.29, 1.82) is 0 Å². The molecule has 2 nitrogen and oxygen atoms in total. The van der Waals surface area contributed by atoms with Gasteiger partial charge in [-0.2, -0.15) is 11.8 Å². The van der Waals surface area contributed by atoms with Gasteiger partial charge in [-0.3, -0.25) is 0 Å². The van der Waals surface area contributed by atoms with Crippen LogP contribution in [0, 0.1) is 11.6 Å². The Balaban J connectivity index is 1.92. The van der Waals surface area contributed by atoms with Crippen molar-refractivity contribution in [1.82, 2.24) is 4.90 Å². The first-order chi connectivity index (χ1) is 9.39. The van der Waals surface area contributed by atoms with Gasteiger partial charge in [0.1, 0.15) is 0 Å². The van der Waals surface area contributed by atoms with E-state index in [1.54, 1.807) is 0 Å². The molecule has 5 heteroatoms. The van der Waals surface area contributed by atoms with Gasteiger partial charge in [-0.25, -0.2) is 8.78 Å². The molecule has 1 aliphatic heterocycles. The lowest BCUT2D eigenvalue weighted by atomic mass is 10.0. The molecule has 1 atom stereocenters. The minimum absolute atomic E-state index is 0.0515. The number of aliphatic hydroxyl groups is 1. The zero-order valence-electron chi connectivity index (χ0n) is 11.9. The molecular formula is C15H21F2NOS. The Morgan fingerprint density at radius 3 is 2.85 bits per heavy atom. The second-order valence-corrected chi connectivity index (χ2v) is 7.63. The van der Waals surface area contributed by atoms with Crippen LogP contribution in [0.25, 0.3) is 0 Å². The van der Waals surface area contributed by atoms with Crippen LogP contribution in [0.1, 0.15) is 31.9 Å². The van der Waals surface area contributed by atoms with E-state index >= 15 is 0 Å². The average Bonchev–Trinajstić information content (AvgIpc) is 2.38. The smallest absolute Gasteiger partial charge is 0.164 e. The van der Waals surface area contributed by atoms with Crippen molar-refractivity contribution >= 4 is 11.8 Å². The predicted molar refractivity (Wildman–Crippen MR) is 78.9 cm³/mol. The maximum absolute atomic E-state index is 13.6. The SMILES string of the molecule is CC1(C)CN(CCC(O)c2cccc(F)c2F)CCS1. The largest absolute Gasteiger partial charge is 0.388 e. The Morgan fingerprint density at radius 2 is 2.15 bits per heavy atom. The number of aliphatic hydroxyl groups excluding tert-OH is 1. The Labute approximate surface area is 123 Å². The van der Waals surface area contributed by atoms with E-state index < -0.39 is 17.7 Å². The Morgan fingerprint density at radius 1 is 1.40 bits per heavy atom. The number of hydrogen-bond acceptors (Lipinski definition) is 3. The summed E-state index contributed by atoms with van der Waals surface area (Å²) in [4.78, 5) is 2.27. The molecule has 1 saturated heterocycles. The van der Waals surface area contributed by atoms with Gasteiger partial charge in [-0.15, -0.1) is 0 Å². The maximum atomic E-state index is 13.6. The Bertz CT molecular complexity index is 467. The highest BCUT2D eigenvalue weighted by molar-refractivity contribution is 8.00. The zero-order valence-corrected chi connectivity index (χ0v) is 12.7. The molecule has 2 rings (SSSR count). The Kier molecular flexibility index (Phi) is 5.04. The lowest BCUT2D eigenvalue weighted by molar-refractivity contribution is 0.135. The van der Waals surface area contributed by atoms with Crippen LogP contribution in [-0.4, -0.2) is 40.1 Å². The van der Waals surface area contributed by atoms with E-state index in [1.807, 2.05) is 11.8 Å². The summed E-state index contributed by atoms with van der Waals surface area (Å²) >= 11 is 1.95. The average molecular weight is 301 g/mol. The minimum Gasteiger partial charge on any atom is -0.388 e. The fourth-order valence-electron chi connectivity index (χ4n) is 2.54. The van der Waals surface area contributed by atoms with Crippen LogP contribution in [0.3, 0.4) is 0 Å². The number of rotatable bonds is 4. The van der Waals surface area contributed by atoms with E-state index in [0.717, 1.165) is 24.9 Å². The molecule has 0 bridgehead atoms. The molecule has 0 radical (unpaired) electrons. The molecule has 20 heavy (non-hydrogen) atoms. The molecule has 0 amide bonds. The van der Waals surface area contributed by atoms with Crippen molar-refractivity contribution < 1.29 is 13.9 Å². The first-order valence-corrected chi connectivity index (χ1v) is 7.86. The third kappa shape index (κ3) is 3.93. The number of halogens is 2. The monoisotopic (exact) mass is 301 g/mol.